The van der Waals surface area contributed by atoms with Crippen molar-refractivity contribution in [3.05, 3.63) is 23.0 Å². The van der Waals surface area contributed by atoms with Crippen LogP contribution < -0.4 is 11.1 Å². The molecule has 0 spiro atoms. The topological polar surface area (TPSA) is 71.2 Å². The minimum Gasteiger partial charge on any atom is -0.397 e. The fourth-order valence-electron chi connectivity index (χ4n) is 2.23. The van der Waals surface area contributed by atoms with E-state index in [1.807, 2.05) is 0 Å². The molecule has 1 aromatic heterocycles. The Labute approximate surface area is 118 Å². The molecule has 2 rings (SSSR count). The highest BCUT2D eigenvalue weighted by Crippen LogP contribution is 2.15. The van der Waals surface area contributed by atoms with Crippen LogP contribution in [0.15, 0.2) is 12.3 Å². The number of hydrogen-bond acceptors (Lipinski definition) is 4. The Kier molecular flexibility index (Phi) is 4.99. The molecule has 0 radical (unpaired) electrons. The molecule has 2 heterocycles. The van der Waals surface area contributed by atoms with Crippen LogP contribution in [0.3, 0.4) is 0 Å². The molecule has 0 unspecified atom stereocenters. The number of amides is 1. The van der Waals surface area contributed by atoms with Gasteiger partial charge in [0, 0.05) is 6.54 Å². The normalized spacial score (nSPS) is 15.6. The zero-order valence-electron chi connectivity index (χ0n) is 10.9. The van der Waals surface area contributed by atoms with Gasteiger partial charge in [0.05, 0.1) is 17.4 Å². The summed E-state index contributed by atoms with van der Waals surface area (Å²) < 4.78 is 0. The summed E-state index contributed by atoms with van der Waals surface area (Å²) in [6.45, 7) is 4.03. The monoisotopic (exact) mass is 282 g/mol. The van der Waals surface area contributed by atoms with Gasteiger partial charge in [-0.3, -0.25) is 4.79 Å². The second-order valence-corrected chi connectivity index (χ2v) is 5.12. The summed E-state index contributed by atoms with van der Waals surface area (Å²) in [6.07, 6.45) is 4.96. The summed E-state index contributed by atoms with van der Waals surface area (Å²) >= 11 is 5.87. The summed E-state index contributed by atoms with van der Waals surface area (Å²) in [7, 11) is 0. The van der Waals surface area contributed by atoms with E-state index in [9.17, 15) is 4.79 Å². The van der Waals surface area contributed by atoms with Crippen molar-refractivity contribution >= 4 is 23.2 Å². The van der Waals surface area contributed by atoms with E-state index in [4.69, 9.17) is 17.3 Å². The third kappa shape index (κ3) is 4.08. The van der Waals surface area contributed by atoms with E-state index >= 15 is 0 Å². The van der Waals surface area contributed by atoms with Gasteiger partial charge in [-0.25, -0.2) is 4.98 Å². The molecule has 0 aromatic carbocycles. The third-order valence-electron chi connectivity index (χ3n) is 3.24. The van der Waals surface area contributed by atoms with Crippen molar-refractivity contribution in [2.45, 2.75) is 19.3 Å². The van der Waals surface area contributed by atoms with Gasteiger partial charge in [0.15, 0.2) is 0 Å². The Balaban J connectivity index is 1.75. The van der Waals surface area contributed by atoms with Crippen LogP contribution >= 0.6 is 11.6 Å². The van der Waals surface area contributed by atoms with E-state index < -0.39 is 0 Å². The smallest absolute Gasteiger partial charge is 0.254 e. The summed E-state index contributed by atoms with van der Waals surface area (Å²) in [5.41, 5.74) is 6.37. The lowest BCUT2D eigenvalue weighted by atomic mass is 10.2. The highest BCUT2D eigenvalue weighted by Gasteiger charge is 2.13. The van der Waals surface area contributed by atoms with Crippen LogP contribution in [0.4, 0.5) is 5.69 Å². The number of aromatic nitrogens is 1. The third-order valence-corrected chi connectivity index (χ3v) is 3.54. The van der Waals surface area contributed by atoms with Crippen LogP contribution in [0.1, 0.15) is 29.6 Å². The van der Waals surface area contributed by atoms with E-state index in [-0.39, 0.29) is 11.1 Å². The van der Waals surface area contributed by atoms with Crippen molar-refractivity contribution in [1.29, 1.82) is 0 Å². The molecular weight excluding hydrogens is 264 g/mol. The van der Waals surface area contributed by atoms with Crippen LogP contribution in [0.5, 0.6) is 0 Å². The number of nitrogens with zero attached hydrogens (tertiary/aromatic N) is 2. The zero-order valence-corrected chi connectivity index (χ0v) is 11.6. The van der Waals surface area contributed by atoms with Crippen molar-refractivity contribution in [2.75, 3.05) is 31.9 Å². The Hall–Kier alpha value is -1.33. The molecule has 19 heavy (non-hydrogen) atoms. The zero-order chi connectivity index (χ0) is 13.7. The van der Waals surface area contributed by atoms with Crippen LogP contribution in [0, 0.1) is 0 Å². The first kappa shape index (κ1) is 14.1. The van der Waals surface area contributed by atoms with Gasteiger partial charge >= 0.3 is 0 Å². The SMILES string of the molecule is Nc1cnc(Cl)c(C(=O)NCCCN2CCCC2)c1. The van der Waals surface area contributed by atoms with E-state index in [0.29, 0.717) is 17.8 Å². The van der Waals surface area contributed by atoms with Crippen molar-refractivity contribution in [1.82, 2.24) is 15.2 Å². The molecule has 0 atom stereocenters. The second kappa shape index (κ2) is 6.73. The number of likely N-dealkylation sites (tertiary alicyclic amines) is 1. The molecule has 1 aromatic rings. The largest absolute Gasteiger partial charge is 0.397 e. The number of nitrogen functional groups attached to an aromatic ring is 1. The van der Waals surface area contributed by atoms with E-state index in [1.165, 1.54) is 32.1 Å². The van der Waals surface area contributed by atoms with Gasteiger partial charge in [-0.15, -0.1) is 0 Å². The quantitative estimate of drug-likeness (QED) is 0.635. The van der Waals surface area contributed by atoms with Gasteiger partial charge in [0.1, 0.15) is 5.15 Å². The number of rotatable bonds is 5. The lowest BCUT2D eigenvalue weighted by Gasteiger charge is -2.14. The van der Waals surface area contributed by atoms with Crippen LogP contribution in [-0.2, 0) is 0 Å². The van der Waals surface area contributed by atoms with Crippen LogP contribution in [0.2, 0.25) is 5.15 Å². The molecule has 0 bridgehead atoms. The van der Waals surface area contributed by atoms with Gasteiger partial charge in [0.25, 0.3) is 5.91 Å². The average Bonchev–Trinajstić information content (AvgIpc) is 2.90. The lowest BCUT2D eigenvalue weighted by Crippen LogP contribution is -2.29. The standard InChI is InChI=1S/C13H19ClN4O/c14-12-11(8-10(15)9-17-12)13(19)16-4-3-7-18-5-1-2-6-18/h8-9H,1-7,15H2,(H,16,19). The van der Waals surface area contributed by atoms with Gasteiger partial charge in [0.2, 0.25) is 0 Å². The lowest BCUT2D eigenvalue weighted by molar-refractivity contribution is 0.0952. The number of pyridine rings is 1. The van der Waals surface area contributed by atoms with Crippen LogP contribution in [0.25, 0.3) is 0 Å². The van der Waals surface area contributed by atoms with E-state index in [0.717, 1.165) is 13.0 Å². The molecule has 1 saturated heterocycles. The molecule has 3 N–H and O–H groups in total. The summed E-state index contributed by atoms with van der Waals surface area (Å²) in [5, 5.41) is 3.03. The first-order valence-electron chi connectivity index (χ1n) is 6.58. The Morgan fingerprint density at radius 2 is 2.21 bits per heavy atom. The number of carbonyl (C=O) groups excluding carboxylic acids is 1. The second-order valence-electron chi connectivity index (χ2n) is 4.77. The Morgan fingerprint density at radius 3 is 2.95 bits per heavy atom. The van der Waals surface area contributed by atoms with Crippen molar-refractivity contribution in [3.63, 3.8) is 0 Å². The molecule has 1 amide bonds. The highest BCUT2D eigenvalue weighted by molar-refractivity contribution is 6.32. The molecule has 5 nitrogen and oxygen atoms in total. The number of anilines is 1. The summed E-state index contributed by atoms with van der Waals surface area (Å²) in [4.78, 5) is 18.2. The molecule has 1 aliphatic rings. The fourth-order valence-corrected chi connectivity index (χ4v) is 2.42. The average molecular weight is 283 g/mol. The minimum absolute atomic E-state index is 0.186. The fraction of sp³-hybridized carbons (Fsp3) is 0.538. The number of nitrogens with one attached hydrogen (secondary N) is 1. The first-order valence-corrected chi connectivity index (χ1v) is 6.96. The molecule has 0 saturated carbocycles. The molecule has 104 valence electrons. The maximum Gasteiger partial charge on any atom is 0.254 e. The number of halogens is 1. The maximum atomic E-state index is 11.9. The van der Waals surface area contributed by atoms with Crippen molar-refractivity contribution in [2.24, 2.45) is 0 Å². The van der Waals surface area contributed by atoms with Crippen molar-refractivity contribution < 1.29 is 4.79 Å². The molecular formula is C13H19ClN4O. The predicted molar refractivity (Wildman–Crippen MR) is 76.3 cm³/mol. The number of carbonyl (C=O) groups is 1. The van der Waals surface area contributed by atoms with Crippen molar-refractivity contribution in [3.8, 4) is 0 Å². The summed E-state index contributed by atoms with van der Waals surface area (Å²) in [5.74, 6) is -0.216. The molecule has 0 aliphatic carbocycles. The molecule has 6 heteroatoms. The van der Waals surface area contributed by atoms with Gasteiger partial charge in [-0.2, -0.15) is 0 Å². The maximum absolute atomic E-state index is 11.9. The molecule has 1 aliphatic heterocycles. The Bertz CT molecular complexity index is 446. The Morgan fingerprint density at radius 1 is 1.47 bits per heavy atom. The van der Waals surface area contributed by atoms with E-state index in [1.54, 1.807) is 6.07 Å². The molecule has 1 fully saturated rings. The van der Waals surface area contributed by atoms with Gasteiger partial charge in [-0.1, -0.05) is 11.6 Å². The van der Waals surface area contributed by atoms with E-state index in [2.05, 4.69) is 15.2 Å². The number of nitrogens with two attached hydrogens (primary N) is 1. The minimum atomic E-state index is -0.216. The van der Waals surface area contributed by atoms with Crippen LogP contribution in [-0.4, -0.2) is 42.0 Å². The van der Waals surface area contributed by atoms with Gasteiger partial charge < -0.3 is 16.0 Å². The summed E-state index contributed by atoms with van der Waals surface area (Å²) in [6, 6.07) is 1.55. The number of hydrogen-bond donors (Lipinski definition) is 2. The highest BCUT2D eigenvalue weighted by atomic mass is 35.5. The van der Waals surface area contributed by atoms with Gasteiger partial charge in [-0.05, 0) is 45.0 Å². The predicted octanol–water partition coefficient (Wildman–Crippen LogP) is 1.53. The first-order chi connectivity index (χ1) is 9.16.